The molecule has 1 amide bonds. The van der Waals surface area contributed by atoms with Crippen LogP contribution in [0.4, 0.5) is 0 Å². The van der Waals surface area contributed by atoms with Crippen LogP contribution in [0.15, 0.2) is 48.6 Å². The minimum atomic E-state index is -4.35. The van der Waals surface area contributed by atoms with Gasteiger partial charge in [0.05, 0.1) is 17.9 Å². The van der Waals surface area contributed by atoms with E-state index in [1.807, 2.05) is 6.08 Å². The van der Waals surface area contributed by atoms with Gasteiger partial charge in [-0.25, -0.2) is 0 Å². The Labute approximate surface area is 297 Å². The first-order valence-electron chi connectivity index (χ1n) is 19.8. The average molecular weight is 694 g/mol. The first-order chi connectivity index (χ1) is 23.3. The predicted octanol–water partition coefficient (Wildman–Crippen LogP) is 11.5. The third-order valence-corrected chi connectivity index (χ3v) is 9.51. The van der Waals surface area contributed by atoms with Crippen molar-refractivity contribution in [2.24, 2.45) is 0 Å². The van der Waals surface area contributed by atoms with Crippen LogP contribution in [-0.2, 0) is 14.9 Å². The number of carbonyl (C=O) groups is 1. The van der Waals surface area contributed by atoms with Crippen molar-refractivity contribution in [3.05, 3.63) is 48.6 Å². The Kier molecular flexibility index (Phi) is 33.9. The van der Waals surface area contributed by atoms with Crippen molar-refractivity contribution in [1.29, 1.82) is 0 Å². The molecule has 0 fully saturated rings. The van der Waals surface area contributed by atoms with Crippen molar-refractivity contribution in [3.63, 3.8) is 0 Å². The summed E-state index contributed by atoms with van der Waals surface area (Å²) in [6.07, 6.45) is 46.6. The Morgan fingerprint density at radius 3 is 1.46 bits per heavy atom. The summed E-state index contributed by atoms with van der Waals surface area (Å²) in [7, 11) is -4.35. The lowest BCUT2D eigenvalue weighted by Gasteiger charge is -2.21. The topological polar surface area (TPSA) is 104 Å². The highest BCUT2D eigenvalue weighted by Crippen LogP contribution is 2.13. The lowest BCUT2D eigenvalue weighted by atomic mass is 10.1. The number of hydrogen-bond donors (Lipinski definition) is 3. The minimum Gasteiger partial charge on any atom is -0.387 e. The van der Waals surface area contributed by atoms with Crippen LogP contribution in [0.5, 0.6) is 0 Å². The van der Waals surface area contributed by atoms with Gasteiger partial charge in [-0.3, -0.25) is 9.35 Å². The second kappa shape index (κ2) is 35.1. The summed E-state index contributed by atoms with van der Waals surface area (Å²) in [5.74, 6) is -1.01. The van der Waals surface area contributed by atoms with E-state index in [0.29, 0.717) is 6.42 Å². The maximum Gasteiger partial charge on any atom is 0.267 e. The second-order valence-corrected chi connectivity index (χ2v) is 15.0. The van der Waals surface area contributed by atoms with Crippen LogP contribution in [0.3, 0.4) is 0 Å². The van der Waals surface area contributed by atoms with Crippen molar-refractivity contribution < 1.29 is 22.9 Å². The third-order valence-electron chi connectivity index (χ3n) is 8.73. The van der Waals surface area contributed by atoms with Gasteiger partial charge in [-0.1, -0.05) is 165 Å². The molecule has 6 nitrogen and oxygen atoms in total. The average Bonchev–Trinajstić information content (AvgIpc) is 3.05. The first-order valence-corrected chi connectivity index (χ1v) is 21.4. The summed E-state index contributed by atoms with van der Waals surface area (Å²) < 4.78 is 32.4. The maximum atomic E-state index is 12.5. The maximum absolute atomic E-state index is 12.5. The van der Waals surface area contributed by atoms with Gasteiger partial charge in [-0.15, -0.1) is 0 Å². The van der Waals surface area contributed by atoms with Crippen molar-refractivity contribution in [2.75, 3.05) is 5.75 Å². The van der Waals surface area contributed by atoms with E-state index in [0.717, 1.165) is 51.4 Å². The Bertz CT molecular complexity index is 940. The van der Waals surface area contributed by atoms with Crippen molar-refractivity contribution in [1.82, 2.24) is 5.32 Å². The Morgan fingerprint density at radius 2 is 0.958 bits per heavy atom. The van der Waals surface area contributed by atoms with Gasteiger partial charge in [0.25, 0.3) is 10.1 Å². The van der Waals surface area contributed by atoms with Crippen LogP contribution < -0.4 is 5.32 Å². The molecular weight excluding hydrogens is 619 g/mol. The molecule has 7 heteroatoms. The summed E-state index contributed by atoms with van der Waals surface area (Å²) in [5.41, 5.74) is 0. The summed E-state index contributed by atoms with van der Waals surface area (Å²) in [6, 6.07) is -1.08. The molecule has 0 rings (SSSR count). The molecule has 0 radical (unpaired) electrons. The quantitative estimate of drug-likeness (QED) is 0.0348. The number of nitrogens with one attached hydrogen (secondary N) is 1. The van der Waals surface area contributed by atoms with E-state index in [-0.39, 0.29) is 12.3 Å². The molecule has 0 heterocycles. The Balaban J connectivity index is 4.01. The van der Waals surface area contributed by atoms with Gasteiger partial charge in [0, 0.05) is 6.42 Å². The molecule has 2 atom stereocenters. The minimum absolute atomic E-state index is 0.278. The van der Waals surface area contributed by atoms with E-state index in [1.165, 1.54) is 115 Å². The molecular formula is C41H75NO5S. The molecule has 0 saturated carbocycles. The molecule has 3 N–H and O–H groups in total. The number of hydrogen-bond acceptors (Lipinski definition) is 4. The molecule has 0 aliphatic carbocycles. The molecule has 0 aromatic heterocycles. The van der Waals surface area contributed by atoms with Crippen LogP contribution in [0.25, 0.3) is 0 Å². The number of carbonyl (C=O) groups excluding carboxylic acids is 1. The molecule has 48 heavy (non-hydrogen) atoms. The van der Waals surface area contributed by atoms with Crippen molar-refractivity contribution in [3.8, 4) is 0 Å². The predicted molar refractivity (Wildman–Crippen MR) is 207 cm³/mol. The van der Waals surface area contributed by atoms with Crippen LogP contribution >= 0.6 is 0 Å². The van der Waals surface area contributed by atoms with Gasteiger partial charge >= 0.3 is 0 Å². The molecule has 280 valence electrons. The van der Waals surface area contributed by atoms with Gasteiger partial charge in [0.15, 0.2) is 0 Å². The number of rotatable bonds is 35. The zero-order valence-electron chi connectivity index (χ0n) is 31.1. The van der Waals surface area contributed by atoms with Gasteiger partial charge in [-0.05, 0) is 64.2 Å². The third kappa shape index (κ3) is 35.6. The van der Waals surface area contributed by atoms with E-state index in [9.17, 15) is 22.9 Å². The molecule has 0 spiro atoms. The van der Waals surface area contributed by atoms with Crippen molar-refractivity contribution >= 4 is 16.0 Å². The first kappa shape index (κ1) is 46.3. The summed E-state index contributed by atoms with van der Waals surface area (Å²) in [6.45, 7) is 4.49. The summed E-state index contributed by atoms with van der Waals surface area (Å²) in [5, 5.41) is 13.2. The highest BCUT2D eigenvalue weighted by atomic mass is 32.2. The molecule has 0 saturated heterocycles. The lowest BCUT2D eigenvalue weighted by Crippen LogP contribution is -2.46. The zero-order valence-corrected chi connectivity index (χ0v) is 31.9. The van der Waals surface area contributed by atoms with Gasteiger partial charge in [-0.2, -0.15) is 8.42 Å². The summed E-state index contributed by atoms with van der Waals surface area (Å²) >= 11 is 0. The number of aliphatic hydroxyl groups is 1. The largest absolute Gasteiger partial charge is 0.387 e. The number of aliphatic hydroxyl groups excluding tert-OH is 1. The van der Waals surface area contributed by atoms with E-state index in [2.05, 4.69) is 55.6 Å². The van der Waals surface area contributed by atoms with Crippen LogP contribution in [-0.4, -0.2) is 41.9 Å². The zero-order chi connectivity index (χ0) is 35.4. The smallest absolute Gasteiger partial charge is 0.267 e. The molecule has 0 aliphatic heterocycles. The van der Waals surface area contributed by atoms with E-state index in [1.54, 1.807) is 0 Å². The fourth-order valence-corrected chi connectivity index (χ4v) is 6.46. The fraction of sp³-hybridized carbons (Fsp3) is 0.780. The van der Waals surface area contributed by atoms with Crippen LogP contribution in [0, 0.1) is 0 Å². The van der Waals surface area contributed by atoms with Crippen molar-refractivity contribution in [2.45, 2.75) is 199 Å². The molecule has 0 aromatic carbocycles. The Hall–Kier alpha value is -1.70. The normalized spacial score (nSPS) is 13.8. The molecule has 0 aliphatic rings. The van der Waals surface area contributed by atoms with E-state index < -0.39 is 28.0 Å². The monoisotopic (exact) mass is 694 g/mol. The van der Waals surface area contributed by atoms with Gasteiger partial charge in [0.1, 0.15) is 0 Å². The van der Waals surface area contributed by atoms with E-state index in [4.69, 9.17) is 0 Å². The standard InChI is InChI=1S/C41H75NO5S/c1-3-5-7-9-11-13-15-17-19-20-21-23-25-27-29-31-33-35-37-41(44)42-39(38-48(45,46)47)40(43)36-34-32-30-28-26-24-22-18-16-14-12-10-8-6-4-2/h13,15,19-20,26,28,34,36,39-40,43H,3-12,14,16-18,21-25,27,29-33,35,37-38H2,1-2H3,(H,42,44)(H,45,46,47)/b15-13-,20-19-,28-26+,36-34+. The van der Waals surface area contributed by atoms with E-state index >= 15 is 0 Å². The Morgan fingerprint density at radius 1 is 0.562 bits per heavy atom. The molecule has 0 bridgehead atoms. The van der Waals surface area contributed by atoms with Gasteiger partial charge in [0.2, 0.25) is 5.91 Å². The number of amides is 1. The van der Waals surface area contributed by atoms with Gasteiger partial charge < -0.3 is 10.4 Å². The SMILES string of the molecule is CCCCCC/C=C\C/C=C\CCCCCCCCCC(=O)NC(CS(=O)(=O)O)C(O)/C=C/CC/C=C/CCCCCCCCCCC. The van der Waals surface area contributed by atoms with Crippen LogP contribution in [0.1, 0.15) is 187 Å². The lowest BCUT2D eigenvalue weighted by molar-refractivity contribution is -0.122. The second-order valence-electron chi connectivity index (χ2n) is 13.5. The highest BCUT2D eigenvalue weighted by Gasteiger charge is 2.24. The summed E-state index contributed by atoms with van der Waals surface area (Å²) in [4.78, 5) is 12.5. The number of allylic oxidation sites excluding steroid dienone is 7. The fourth-order valence-electron chi connectivity index (χ4n) is 5.73. The molecule has 2 unspecified atom stereocenters. The number of unbranched alkanes of at least 4 members (excludes halogenated alkanes) is 21. The molecule has 0 aromatic rings. The van der Waals surface area contributed by atoms with Crippen LogP contribution in [0.2, 0.25) is 0 Å². The highest BCUT2D eigenvalue weighted by molar-refractivity contribution is 7.85.